The molecule has 0 aromatic heterocycles. The number of rotatable bonds is 8. The summed E-state index contributed by atoms with van der Waals surface area (Å²) >= 11 is 0. The zero-order valence-electron chi connectivity index (χ0n) is 19.5. The van der Waals surface area contributed by atoms with Gasteiger partial charge in [-0.05, 0) is 79.9 Å². The van der Waals surface area contributed by atoms with Crippen LogP contribution in [0.2, 0.25) is 0 Å². The lowest BCUT2D eigenvalue weighted by atomic mass is 9.68. The van der Waals surface area contributed by atoms with E-state index in [1.165, 1.54) is 82.6 Å². The summed E-state index contributed by atoms with van der Waals surface area (Å²) in [6, 6.07) is 8.41. The van der Waals surface area contributed by atoms with E-state index in [1.54, 1.807) is 0 Å². The molecule has 3 rings (SSSR count). The van der Waals surface area contributed by atoms with E-state index in [0.29, 0.717) is 5.92 Å². The van der Waals surface area contributed by atoms with Crippen molar-refractivity contribution in [3.8, 4) is 11.8 Å². The molecule has 1 heteroatoms. The van der Waals surface area contributed by atoms with Crippen LogP contribution < -0.4 is 0 Å². The summed E-state index contributed by atoms with van der Waals surface area (Å²) in [5.74, 6) is 9.89. The highest BCUT2D eigenvalue weighted by atomic mass is 16.3. The molecule has 0 spiro atoms. The lowest BCUT2D eigenvalue weighted by Gasteiger charge is -2.38. The second-order valence-corrected chi connectivity index (χ2v) is 10.1. The molecule has 1 aromatic rings. The molecule has 0 bridgehead atoms. The second kappa shape index (κ2) is 12.6. The van der Waals surface area contributed by atoms with Gasteiger partial charge in [-0.25, -0.2) is 0 Å². The maximum atomic E-state index is 10.4. The van der Waals surface area contributed by atoms with Crippen molar-refractivity contribution in [1.82, 2.24) is 0 Å². The van der Waals surface area contributed by atoms with E-state index in [-0.39, 0.29) is 0 Å². The van der Waals surface area contributed by atoms with E-state index in [0.717, 1.165) is 36.2 Å². The summed E-state index contributed by atoms with van der Waals surface area (Å²) in [5.41, 5.74) is 2.35. The van der Waals surface area contributed by atoms with Gasteiger partial charge >= 0.3 is 0 Å². The Kier molecular flexibility index (Phi) is 9.80. The van der Waals surface area contributed by atoms with Crippen LogP contribution in [0.15, 0.2) is 24.3 Å². The molecule has 0 radical (unpaired) electrons. The monoisotopic (exact) mass is 408 g/mol. The maximum absolute atomic E-state index is 10.4. The van der Waals surface area contributed by atoms with Crippen molar-refractivity contribution in [3.05, 3.63) is 35.4 Å². The molecule has 1 nitrogen and oxygen atoms in total. The van der Waals surface area contributed by atoms with Crippen molar-refractivity contribution in [3.63, 3.8) is 0 Å². The molecule has 1 N–H and O–H groups in total. The molecule has 0 amide bonds. The Bertz CT molecular complexity index is 648. The van der Waals surface area contributed by atoms with Crippen LogP contribution in [0.5, 0.6) is 0 Å². The number of unbranched alkanes of at least 4 members (excludes halogenated alkanes) is 2. The minimum atomic E-state index is -0.476. The number of aryl methyl sites for hydroxylation is 1. The van der Waals surface area contributed by atoms with E-state index in [9.17, 15) is 5.11 Å². The first-order chi connectivity index (χ1) is 14.7. The third kappa shape index (κ3) is 7.46. The van der Waals surface area contributed by atoms with Gasteiger partial charge in [0.1, 0.15) is 6.10 Å². The average molecular weight is 409 g/mol. The molecular formula is C29H44O. The minimum Gasteiger partial charge on any atom is -0.380 e. The predicted octanol–water partition coefficient (Wildman–Crippen LogP) is 7.54. The zero-order valence-corrected chi connectivity index (χ0v) is 19.5. The van der Waals surface area contributed by atoms with E-state index in [1.807, 2.05) is 0 Å². The molecule has 1 unspecified atom stereocenters. The Morgan fingerprint density at radius 1 is 0.833 bits per heavy atom. The van der Waals surface area contributed by atoms with Gasteiger partial charge in [0.15, 0.2) is 0 Å². The Balaban J connectivity index is 1.35. The Labute approximate surface area is 186 Å². The fourth-order valence-corrected chi connectivity index (χ4v) is 5.89. The summed E-state index contributed by atoms with van der Waals surface area (Å²) in [6.45, 7) is 4.47. The number of aliphatic hydroxyl groups is 1. The normalized spacial score (nSPS) is 27.8. The highest BCUT2D eigenvalue weighted by molar-refractivity contribution is 5.36. The fourth-order valence-electron chi connectivity index (χ4n) is 5.89. The average Bonchev–Trinajstić information content (AvgIpc) is 2.79. The molecule has 2 aliphatic carbocycles. The third-order valence-electron chi connectivity index (χ3n) is 7.97. The molecule has 30 heavy (non-hydrogen) atoms. The van der Waals surface area contributed by atoms with Crippen LogP contribution in [0.25, 0.3) is 0 Å². The van der Waals surface area contributed by atoms with Crippen LogP contribution in [0.1, 0.15) is 108 Å². The van der Waals surface area contributed by atoms with Crippen molar-refractivity contribution in [2.45, 2.75) is 110 Å². The van der Waals surface area contributed by atoms with Gasteiger partial charge in [0, 0.05) is 5.56 Å². The molecule has 2 aliphatic rings. The highest BCUT2D eigenvalue weighted by Gasteiger charge is 2.31. The predicted molar refractivity (Wildman–Crippen MR) is 128 cm³/mol. The first-order valence-electron chi connectivity index (χ1n) is 13.0. The number of hydrogen-bond donors (Lipinski definition) is 1. The summed E-state index contributed by atoms with van der Waals surface area (Å²) in [5, 5.41) is 10.4. The third-order valence-corrected chi connectivity index (χ3v) is 7.97. The lowest BCUT2D eigenvalue weighted by molar-refractivity contribution is 0.120. The number of benzene rings is 1. The Morgan fingerprint density at radius 3 is 2.00 bits per heavy atom. The van der Waals surface area contributed by atoms with Crippen molar-refractivity contribution in [1.29, 1.82) is 0 Å². The van der Waals surface area contributed by atoms with Gasteiger partial charge in [0.25, 0.3) is 0 Å². The van der Waals surface area contributed by atoms with Crippen LogP contribution in [-0.4, -0.2) is 11.2 Å². The fraction of sp³-hybridized carbons (Fsp3) is 0.724. The topological polar surface area (TPSA) is 20.2 Å². The minimum absolute atomic E-state index is 0.476. The van der Waals surface area contributed by atoms with Crippen LogP contribution in [0.4, 0.5) is 0 Å². The molecule has 166 valence electrons. The maximum Gasteiger partial charge on any atom is 0.115 e. The van der Waals surface area contributed by atoms with Crippen LogP contribution in [0, 0.1) is 35.5 Å². The molecule has 2 saturated carbocycles. The number of hydrogen-bond acceptors (Lipinski definition) is 1. The second-order valence-electron chi connectivity index (χ2n) is 10.1. The van der Waals surface area contributed by atoms with Crippen molar-refractivity contribution in [2.75, 3.05) is 0 Å². The molecule has 0 heterocycles. The highest BCUT2D eigenvalue weighted by Crippen LogP contribution is 2.43. The summed E-state index contributed by atoms with van der Waals surface area (Å²) < 4.78 is 0. The van der Waals surface area contributed by atoms with E-state index < -0.39 is 6.10 Å². The Morgan fingerprint density at radius 2 is 1.43 bits per heavy atom. The molecule has 0 saturated heterocycles. The lowest BCUT2D eigenvalue weighted by Crippen LogP contribution is -2.27. The quantitative estimate of drug-likeness (QED) is 0.348. The summed E-state index contributed by atoms with van der Waals surface area (Å²) in [4.78, 5) is 0. The Hall–Kier alpha value is -1.26. The zero-order chi connectivity index (χ0) is 21.2. The van der Waals surface area contributed by atoms with Gasteiger partial charge < -0.3 is 5.11 Å². The first kappa shape index (κ1) is 23.4. The first-order valence-corrected chi connectivity index (χ1v) is 13.0. The van der Waals surface area contributed by atoms with Crippen LogP contribution in [0.3, 0.4) is 0 Å². The standard InChI is InChI=1S/C29H44O/c1-3-5-6-7-24-12-17-27(18-13-24)28-19-14-26(15-20-28)22-29(30)21-16-25-10-8-23(4-2)9-11-25/h8-11,24,26-30H,3-7,12-15,17-20,22H2,1-2H3. The van der Waals surface area contributed by atoms with E-state index >= 15 is 0 Å². The van der Waals surface area contributed by atoms with Gasteiger partial charge in [-0.15, -0.1) is 0 Å². The molecule has 1 atom stereocenters. The van der Waals surface area contributed by atoms with Gasteiger partial charge in [-0.3, -0.25) is 0 Å². The van der Waals surface area contributed by atoms with Crippen molar-refractivity contribution in [2.24, 2.45) is 23.7 Å². The number of aliphatic hydroxyl groups excluding tert-OH is 1. The van der Waals surface area contributed by atoms with E-state index in [2.05, 4.69) is 50.0 Å². The van der Waals surface area contributed by atoms with Crippen LogP contribution >= 0.6 is 0 Å². The van der Waals surface area contributed by atoms with E-state index in [4.69, 9.17) is 0 Å². The van der Waals surface area contributed by atoms with Crippen LogP contribution in [-0.2, 0) is 6.42 Å². The van der Waals surface area contributed by atoms with Gasteiger partial charge in [-0.2, -0.15) is 0 Å². The van der Waals surface area contributed by atoms with Gasteiger partial charge in [0.2, 0.25) is 0 Å². The largest absolute Gasteiger partial charge is 0.380 e. The SMILES string of the molecule is CCCCCC1CCC(C2CCC(CC(O)C#Cc3ccc(CC)cc3)CC2)CC1. The van der Waals surface area contributed by atoms with Gasteiger partial charge in [-0.1, -0.05) is 89.2 Å². The summed E-state index contributed by atoms with van der Waals surface area (Å²) in [6.07, 6.45) is 18.4. The molecule has 2 fully saturated rings. The molecule has 1 aromatic carbocycles. The summed E-state index contributed by atoms with van der Waals surface area (Å²) in [7, 11) is 0. The van der Waals surface area contributed by atoms with Crippen molar-refractivity contribution < 1.29 is 5.11 Å². The molecule has 0 aliphatic heterocycles. The smallest absolute Gasteiger partial charge is 0.115 e. The van der Waals surface area contributed by atoms with Crippen molar-refractivity contribution >= 4 is 0 Å². The van der Waals surface area contributed by atoms with Gasteiger partial charge in [0.05, 0.1) is 0 Å². The molecular weight excluding hydrogens is 364 g/mol.